The second-order valence-electron chi connectivity index (χ2n) is 2.93. The summed E-state index contributed by atoms with van der Waals surface area (Å²) in [4.78, 5) is 4.36. The summed E-state index contributed by atoms with van der Waals surface area (Å²) in [7, 11) is -10.7. The first-order valence-electron chi connectivity index (χ1n) is 4.39. The second kappa shape index (κ2) is 5.53. The molecule has 0 aromatic rings. The van der Waals surface area contributed by atoms with Gasteiger partial charge in [-0.25, -0.2) is 0 Å². The maximum absolute atomic E-state index is 10.7. The summed E-state index contributed by atoms with van der Waals surface area (Å²) >= 11 is 0. The van der Waals surface area contributed by atoms with Gasteiger partial charge in [0.05, 0.1) is 0 Å². The molecule has 0 amide bonds. The molecular weight excluding hydrogens is 261 g/mol. The van der Waals surface area contributed by atoms with Crippen LogP contribution in [0.3, 0.4) is 0 Å². The van der Waals surface area contributed by atoms with Crippen LogP contribution in [0.15, 0.2) is 0 Å². The molecule has 16 heavy (non-hydrogen) atoms. The molecule has 0 unspecified atom stereocenters. The average Bonchev–Trinajstić information content (AvgIpc) is 1.98. The summed E-state index contributed by atoms with van der Waals surface area (Å²) in [5.74, 6) is 0. The molecule has 0 heterocycles. The van der Waals surface area contributed by atoms with Crippen LogP contribution in [-0.2, 0) is 4.84 Å². The Labute approximate surface area is 88.6 Å². The van der Waals surface area contributed by atoms with Crippen molar-refractivity contribution >= 4 is 7.81 Å². The summed E-state index contributed by atoms with van der Waals surface area (Å²) in [6.07, 6.45) is 4.59. The van der Waals surface area contributed by atoms with Gasteiger partial charge in [-0.2, -0.15) is 0 Å². The molecule has 0 fully saturated rings. The zero-order valence-corrected chi connectivity index (χ0v) is 9.45. The van der Waals surface area contributed by atoms with Gasteiger partial charge < -0.3 is 0 Å². The molecule has 0 saturated heterocycles. The third-order valence-electron chi connectivity index (χ3n) is 1.15. The van der Waals surface area contributed by atoms with Crippen molar-refractivity contribution in [1.29, 1.82) is 5.39 Å². The van der Waals surface area contributed by atoms with E-state index in [0.717, 1.165) is 12.8 Å². The van der Waals surface area contributed by atoms with Gasteiger partial charge in [0.2, 0.25) is 0 Å². The number of hydrogen-bond acceptors (Lipinski definition) is 2. The zero-order valence-electron chi connectivity index (χ0n) is 8.55. The third-order valence-corrected chi connectivity index (χ3v) is 1.15. The molecular formula is C6H13F6N2OP. The quantitative estimate of drug-likeness (QED) is 0.211. The Morgan fingerprint density at radius 1 is 1.00 bits per heavy atom. The Balaban J connectivity index is 0. The fraction of sp³-hybridized carbons (Fsp3) is 1.00. The minimum absolute atomic E-state index is 0.538. The molecule has 3 nitrogen and oxygen atoms in total. The Kier molecular flexibility index (Phi) is 6.09. The minimum atomic E-state index is -10.7. The van der Waals surface area contributed by atoms with Crippen molar-refractivity contribution in [3.05, 3.63) is 5.14 Å². The van der Waals surface area contributed by atoms with E-state index in [-0.39, 0.29) is 0 Å². The van der Waals surface area contributed by atoms with Crippen molar-refractivity contribution in [3.63, 3.8) is 0 Å². The van der Waals surface area contributed by atoms with Crippen LogP contribution in [0.4, 0.5) is 25.2 Å². The first kappa shape index (κ1) is 17.6. The van der Waals surface area contributed by atoms with Crippen molar-refractivity contribution in [3.8, 4) is 0 Å². The molecule has 0 atom stereocenters. The molecule has 0 aromatic heterocycles. The van der Waals surface area contributed by atoms with Gasteiger partial charge in [-0.3, -0.25) is 0 Å². The van der Waals surface area contributed by atoms with E-state index in [1.807, 2.05) is 0 Å². The average molecular weight is 274 g/mol. The summed E-state index contributed by atoms with van der Waals surface area (Å²) < 4.78 is 59.2. The Morgan fingerprint density at radius 3 is 1.75 bits per heavy atom. The summed E-state index contributed by atoms with van der Waals surface area (Å²) in [6, 6.07) is 0. The molecule has 0 spiro atoms. The molecule has 0 aromatic carbocycles. The van der Waals surface area contributed by atoms with E-state index < -0.39 is 7.81 Å². The topological polar surface area (TPSA) is 37.4 Å². The van der Waals surface area contributed by atoms with E-state index in [1.54, 1.807) is 0 Å². The van der Waals surface area contributed by atoms with Crippen LogP contribution < -0.4 is 0 Å². The molecule has 0 bridgehead atoms. The van der Waals surface area contributed by atoms with Crippen LogP contribution in [0.1, 0.15) is 32.6 Å². The molecule has 10 heteroatoms. The van der Waals surface area contributed by atoms with Crippen molar-refractivity contribution < 1.29 is 30.0 Å². The Hall–Kier alpha value is -0.770. The van der Waals surface area contributed by atoms with Crippen molar-refractivity contribution in [2.45, 2.75) is 32.6 Å². The van der Waals surface area contributed by atoms with E-state index in [4.69, 9.17) is 5.39 Å². The van der Waals surface area contributed by atoms with Crippen molar-refractivity contribution in [1.82, 2.24) is 0 Å². The summed E-state index contributed by atoms with van der Waals surface area (Å²) in [5.41, 5.74) is 0. The van der Waals surface area contributed by atoms with Gasteiger partial charge >= 0.3 is 38.1 Å². The van der Waals surface area contributed by atoms with Crippen molar-refractivity contribution in [2.75, 3.05) is 6.61 Å². The summed E-state index contributed by atoms with van der Waals surface area (Å²) in [5, 5.41) is 10.4. The predicted octanol–water partition coefficient (Wildman–Crippen LogP) is 5.73. The first-order chi connectivity index (χ1) is 6.86. The molecule has 0 saturated carbocycles. The van der Waals surface area contributed by atoms with Crippen molar-refractivity contribution in [2.24, 2.45) is 0 Å². The van der Waals surface area contributed by atoms with E-state index in [1.165, 1.54) is 12.8 Å². The number of hydrogen-bond donors (Lipinski definition) is 0. The number of diazo groups is 1. The molecule has 0 radical (unpaired) electrons. The van der Waals surface area contributed by atoms with Crippen LogP contribution in [0.25, 0.3) is 5.14 Å². The number of unbranched alkanes of at least 4 members (excludes halogenated alkanes) is 3. The van der Waals surface area contributed by atoms with Crippen LogP contribution in [0, 0.1) is 5.39 Å². The molecule has 0 aliphatic rings. The molecule has 0 N–H and O–H groups in total. The van der Waals surface area contributed by atoms with Crippen LogP contribution in [-0.4, -0.2) is 6.61 Å². The third kappa shape index (κ3) is 72.3. The number of rotatable bonds is 5. The van der Waals surface area contributed by atoms with E-state index in [9.17, 15) is 25.2 Å². The van der Waals surface area contributed by atoms with Crippen LogP contribution in [0.2, 0.25) is 0 Å². The number of halogens is 6. The second-order valence-corrected chi connectivity index (χ2v) is 4.85. The first-order valence-corrected chi connectivity index (χ1v) is 6.42. The molecule has 100 valence electrons. The Bertz CT molecular complexity index is 220. The Morgan fingerprint density at radius 2 is 1.44 bits per heavy atom. The predicted molar refractivity (Wildman–Crippen MR) is 48.7 cm³/mol. The summed E-state index contributed by atoms with van der Waals surface area (Å²) in [6.45, 7) is 2.69. The molecule has 0 aliphatic heterocycles. The molecule has 0 rings (SSSR count). The fourth-order valence-corrected chi connectivity index (χ4v) is 0.634. The van der Waals surface area contributed by atoms with Gasteiger partial charge in [0.25, 0.3) is 5.39 Å². The van der Waals surface area contributed by atoms with Gasteiger partial charge in [0.1, 0.15) is 0 Å². The van der Waals surface area contributed by atoms with Crippen LogP contribution >= 0.6 is 7.81 Å². The van der Waals surface area contributed by atoms with E-state index >= 15 is 0 Å². The van der Waals surface area contributed by atoms with Crippen LogP contribution in [0.5, 0.6) is 0 Å². The van der Waals surface area contributed by atoms with Gasteiger partial charge in [-0.05, 0) is 12.8 Å². The standard InChI is InChI=1S/C6H13N2O.F6P/c1-2-3-4-5-6-9-8-7;1-7(2,3,4,5)6/h2-6H2,1H3;/q+1;-1. The van der Waals surface area contributed by atoms with Gasteiger partial charge in [-0.1, -0.05) is 19.8 Å². The monoisotopic (exact) mass is 274 g/mol. The van der Waals surface area contributed by atoms with Gasteiger partial charge in [0, 0.05) is 0 Å². The zero-order chi connectivity index (χ0) is 13.4. The van der Waals surface area contributed by atoms with Gasteiger partial charge in [-0.15, -0.1) is 4.84 Å². The molecule has 0 aliphatic carbocycles. The maximum atomic E-state index is 9.87. The van der Waals surface area contributed by atoms with E-state index in [0.29, 0.717) is 6.61 Å². The van der Waals surface area contributed by atoms with E-state index in [2.05, 4.69) is 16.9 Å². The normalized spacial score (nSPS) is 14.9. The number of nitrogens with zero attached hydrogens (tertiary/aromatic N) is 2. The SMILES string of the molecule is CCCCCCO[N+]#N.F[P-](F)(F)(F)(F)F. The van der Waals surface area contributed by atoms with Gasteiger partial charge in [0.15, 0.2) is 6.61 Å². The fourth-order valence-electron chi connectivity index (χ4n) is 0.634.